The number of pyridine rings is 1. The fourth-order valence-electron chi connectivity index (χ4n) is 5.30. The van der Waals surface area contributed by atoms with Crippen molar-refractivity contribution in [1.29, 1.82) is 0 Å². The number of aromatic nitrogens is 2. The number of ether oxygens (including phenoxy) is 1. The van der Waals surface area contributed by atoms with Crippen molar-refractivity contribution >= 4 is 22.8 Å². The summed E-state index contributed by atoms with van der Waals surface area (Å²) in [5.41, 5.74) is 4.00. The molecule has 1 amide bonds. The Morgan fingerprint density at radius 1 is 1.03 bits per heavy atom. The van der Waals surface area contributed by atoms with Gasteiger partial charge in [-0.05, 0) is 67.0 Å². The zero-order valence-electron chi connectivity index (χ0n) is 21.2. The molecule has 1 aliphatic carbocycles. The lowest BCUT2D eigenvalue weighted by Crippen LogP contribution is -2.38. The van der Waals surface area contributed by atoms with E-state index in [2.05, 4.69) is 10.3 Å². The molecule has 1 fully saturated rings. The van der Waals surface area contributed by atoms with Crippen LogP contribution in [0.3, 0.4) is 0 Å². The highest BCUT2D eigenvalue weighted by Crippen LogP contribution is 2.29. The van der Waals surface area contributed by atoms with E-state index < -0.39 is 5.97 Å². The maximum Gasteiger partial charge on any atom is 0.303 e. The molecule has 0 atom stereocenters. The quantitative estimate of drug-likeness (QED) is 0.316. The number of hydrogen-bond donors (Lipinski definition) is 2. The van der Waals surface area contributed by atoms with Gasteiger partial charge in [-0.15, -0.1) is 0 Å². The Kier molecular flexibility index (Phi) is 7.40. The predicted octanol–water partition coefficient (Wildman–Crippen LogP) is 5.66. The first-order valence-electron chi connectivity index (χ1n) is 12.8. The number of nitrogens with zero attached hydrogens (tertiary/aromatic N) is 2. The number of nitrogens with one attached hydrogen (secondary N) is 1. The number of fused-ring (bicyclic) bond motifs is 1. The molecule has 2 N–H and O–H groups in total. The van der Waals surface area contributed by atoms with Gasteiger partial charge < -0.3 is 19.7 Å². The number of carbonyl (C=O) groups excluding carboxylic acids is 1. The van der Waals surface area contributed by atoms with Crippen LogP contribution in [0.15, 0.2) is 67.0 Å². The van der Waals surface area contributed by atoms with Crippen LogP contribution >= 0.6 is 0 Å². The third kappa shape index (κ3) is 5.54. The highest BCUT2D eigenvalue weighted by atomic mass is 19.1. The third-order valence-electron chi connectivity index (χ3n) is 7.35. The van der Waals surface area contributed by atoms with Crippen LogP contribution in [0.4, 0.5) is 4.39 Å². The summed E-state index contributed by atoms with van der Waals surface area (Å²) >= 11 is 0. The molecule has 0 saturated heterocycles. The molecule has 2 aromatic carbocycles. The van der Waals surface area contributed by atoms with Gasteiger partial charge >= 0.3 is 5.97 Å². The lowest BCUT2D eigenvalue weighted by molar-refractivity contribution is -0.138. The Bertz CT molecular complexity index is 1440. The van der Waals surface area contributed by atoms with Gasteiger partial charge in [-0.25, -0.2) is 9.37 Å². The first kappa shape index (κ1) is 25.4. The summed E-state index contributed by atoms with van der Waals surface area (Å²) in [5.74, 6) is -0.671. The Labute approximate surface area is 220 Å². The van der Waals surface area contributed by atoms with Gasteiger partial charge in [-0.2, -0.15) is 0 Å². The predicted molar refractivity (Wildman–Crippen MR) is 143 cm³/mol. The van der Waals surface area contributed by atoms with Crippen molar-refractivity contribution in [3.05, 3.63) is 83.9 Å². The Balaban J connectivity index is 1.33. The van der Waals surface area contributed by atoms with E-state index in [0.29, 0.717) is 28.9 Å². The molecule has 2 heterocycles. The smallest absolute Gasteiger partial charge is 0.303 e. The van der Waals surface area contributed by atoms with E-state index in [0.717, 1.165) is 42.4 Å². The molecule has 0 radical (unpaired) electrons. The average Bonchev–Trinajstić information content (AvgIpc) is 3.34. The molecule has 5 rings (SSSR count). The zero-order chi connectivity index (χ0) is 26.6. The van der Waals surface area contributed by atoms with Crippen LogP contribution in [-0.4, -0.2) is 39.7 Å². The second-order valence-electron chi connectivity index (χ2n) is 9.88. The Morgan fingerprint density at radius 2 is 1.76 bits per heavy atom. The molecule has 0 unspecified atom stereocenters. The maximum absolute atomic E-state index is 14.7. The molecule has 8 heteroatoms. The summed E-state index contributed by atoms with van der Waals surface area (Å²) in [5, 5.41) is 12.5. The molecule has 7 nitrogen and oxygen atoms in total. The summed E-state index contributed by atoms with van der Waals surface area (Å²) in [6.45, 7) is 0.481. The molecule has 196 valence electrons. The molecule has 0 bridgehead atoms. The minimum atomic E-state index is -0.778. The maximum atomic E-state index is 14.7. The highest BCUT2D eigenvalue weighted by Gasteiger charge is 2.25. The Morgan fingerprint density at radius 3 is 2.42 bits per heavy atom. The lowest BCUT2D eigenvalue weighted by Gasteiger charge is -2.28. The number of amides is 1. The summed E-state index contributed by atoms with van der Waals surface area (Å²) in [6.07, 6.45) is 6.77. The van der Waals surface area contributed by atoms with Crippen LogP contribution in [0.5, 0.6) is 5.88 Å². The van der Waals surface area contributed by atoms with Crippen molar-refractivity contribution in [2.75, 3.05) is 7.11 Å². The molecular formula is C30H30FN3O4. The number of halogens is 1. The summed E-state index contributed by atoms with van der Waals surface area (Å²) in [4.78, 5) is 28.5. The van der Waals surface area contributed by atoms with Crippen LogP contribution in [0.2, 0.25) is 0 Å². The molecule has 4 aromatic rings. The SMILES string of the molecule is COc1ccc(-c2ccc(Cn3ccc4c(F)ccc(C(=O)NC5CCC(CC(=O)O)CC5)c43)cc2)cn1. The summed E-state index contributed by atoms with van der Waals surface area (Å²) < 4.78 is 21.7. The van der Waals surface area contributed by atoms with Crippen molar-refractivity contribution in [2.45, 2.75) is 44.7 Å². The fraction of sp³-hybridized carbons (Fsp3) is 0.300. The second kappa shape index (κ2) is 11.0. The summed E-state index contributed by atoms with van der Waals surface area (Å²) in [7, 11) is 1.58. The zero-order valence-corrected chi connectivity index (χ0v) is 21.2. The minimum absolute atomic E-state index is 0.0175. The molecule has 1 saturated carbocycles. The van der Waals surface area contributed by atoms with Gasteiger partial charge in [0.1, 0.15) is 5.82 Å². The first-order chi connectivity index (χ1) is 18.4. The van der Waals surface area contributed by atoms with Crippen molar-refractivity contribution in [3.8, 4) is 17.0 Å². The van der Waals surface area contributed by atoms with E-state index in [1.54, 1.807) is 25.4 Å². The van der Waals surface area contributed by atoms with Crippen LogP contribution in [0, 0.1) is 11.7 Å². The first-order valence-corrected chi connectivity index (χ1v) is 12.8. The number of rotatable bonds is 8. The van der Waals surface area contributed by atoms with Crippen LogP contribution in [0.25, 0.3) is 22.0 Å². The molecule has 2 aromatic heterocycles. The molecule has 38 heavy (non-hydrogen) atoms. The third-order valence-corrected chi connectivity index (χ3v) is 7.35. The van der Waals surface area contributed by atoms with Gasteiger partial charge in [0.05, 0.1) is 18.2 Å². The monoisotopic (exact) mass is 515 g/mol. The highest BCUT2D eigenvalue weighted by molar-refractivity contribution is 6.06. The minimum Gasteiger partial charge on any atom is -0.481 e. The van der Waals surface area contributed by atoms with Crippen LogP contribution in [-0.2, 0) is 11.3 Å². The van der Waals surface area contributed by atoms with Crippen LogP contribution in [0.1, 0.15) is 48.0 Å². The lowest BCUT2D eigenvalue weighted by atomic mass is 9.84. The molecule has 1 aliphatic rings. The molecule has 0 spiro atoms. The van der Waals surface area contributed by atoms with Gasteiger partial charge in [0, 0.05) is 48.4 Å². The van der Waals surface area contributed by atoms with Gasteiger partial charge in [-0.3, -0.25) is 9.59 Å². The van der Waals surface area contributed by atoms with E-state index in [4.69, 9.17) is 9.84 Å². The van der Waals surface area contributed by atoms with Gasteiger partial charge in [0.15, 0.2) is 0 Å². The largest absolute Gasteiger partial charge is 0.481 e. The van der Waals surface area contributed by atoms with Crippen molar-refractivity contribution < 1.29 is 23.8 Å². The molecular weight excluding hydrogens is 485 g/mol. The Hall–Kier alpha value is -4.20. The van der Waals surface area contributed by atoms with Crippen molar-refractivity contribution in [3.63, 3.8) is 0 Å². The number of hydrogen-bond acceptors (Lipinski definition) is 4. The topological polar surface area (TPSA) is 93.5 Å². The summed E-state index contributed by atoms with van der Waals surface area (Å²) in [6, 6.07) is 16.4. The number of aliphatic carboxylic acids is 1. The second-order valence-corrected chi connectivity index (χ2v) is 9.88. The van der Waals surface area contributed by atoms with E-state index >= 15 is 0 Å². The number of methoxy groups -OCH3 is 1. The number of carbonyl (C=O) groups is 2. The standard InChI is InChI=1S/C30H30FN3O4/c1-38-27-13-8-22(17-32-27)21-6-2-20(3-7-21)18-34-15-14-24-26(31)12-11-25(29(24)34)30(37)33-23-9-4-19(5-10-23)16-28(35)36/h2-3,6-8,11-15,17,19,23H,4-5,9-10,16,18H2,1H3,(H,33,37)(H,35,36). The van der Waals surface area contributed by atoms with E-state index in [9.17, 15) is 14.0 Å². The van der Waals surface area contributed by atoms with Gasteiger partial charge in [0.25, 0.3) is 5.91 Å². The van der Waals surface area contributed by atoms with Gasteiger partial charge in [-0.1, -0.05) is 24.3 Å². The fourth-order valence-corrected chi connectivity index (χ4v) is 5.30. The molecule has 0 aliphatic heterocycles. The van der Waals surface area contributed by atoms with Gasteiger partial charge in [0.2, 0.25) is 5.88 Å². The van der Waals surface area contributed by atoms with Crippen molar-refractivity contribution in [2.24, 2.45) is 5.92 Å². The van der Waals surface area contributed by atoms with E-state index in [1.807, 2.05) is 47.2 Å². The van der Waals surface area contributed by atoms with Crippen LogP contribution < -0.4 is 10.1 Å². The number of carboxylic acids is 1. The van der Waals surface area contributed by atoms with E-state index in [-0.39, 0.29) is 30.1 Å². The number of carboxylic acid groups (broad SMARTS) is 1. The number of benzene rings is 2. The normalized spacial score (nSPS) is 17.3. The van der Waals surface area contributed by atoms with Crippen molar-refractivity contribution in [1.82, 2.24) is 14.9 Å². The van der Waals surface area contributed by atoms with E-state index in [1.165, 1.54) is 6.07 Å². The average molecular weight is 516 g/mol.